The molecule has 0 bridgehead atoms. The van der Waals surface area contributed by atoms with E-state index in [0.717, 1.165) is 53.9 Å². The fraction of sp³-hybridized carbons (Fsp3) is 0.348. The molecule has 30 heavy (non-hydrogen) atoms. The largest absolute Gasteiger partial charge is 0.279 e. The van der Waals surface area contributed by atoms with Crippen LogP contribution in [-0.4, -0.2) is 32.2 Å². The smallest absolute Gasteiger partial charge is 0.244 e. The summed E-state index contributed by atoms with van der Waals surface area (Å²) in [6.07, 6.45) is 8.88. The molecule has 1 saturated carbocycles. The summed E-state index contributed by atoms with van der Waals surface area (Å²) in [6, 6.07) is 10.2. The van der Waals surface area contributed by atoms with E-state index in [-0.39, 0.29) is 17.6 Å². The van der Waals surface area contributed by atoms with Crippen molar-refractivity contribution in [1.29, 1.82) is 0 Å². The van der Waals surface area contributed by atoms with Gasteiger partial charge >= 0.3 is 0 Å². The number of nitrogens with zero attached hydrogens (tertiary/aromatic N) is 4. The normalized spacial score (nSPS) is 16.8. The van der Waals surface area contributed by atoms with Gasteiger partial charge in [-0.25, -0.2) is 9.07 Å². The second-order valence-corrected chi connectivity index (χ2v) is 7.97. The zero-order valence-electron chi connectivity index (χ0n) is 16.7. The van der Waals surface area contributed by atoms with Gasteiger partial charge < -0.3 is 0 Å². The Hall–Kier alpha value is -3.22. The minimum atomic E-state index is -0.282. The number of carbonyl (C=O) groups excluding carboxylic acids is 1. The van der Waals surface area contributed by atoms with Crippen LogP contribution in [0.15, 0.2) is 48.8 Å². The van der Waals surface area contributed by atoms with E-state index in [1.165, 1.54) is 18.6 Å². The van der Waals surface area contributed by atoms with Gasteiger partial charge in [0.05, 0.1) is 18.7 Å². The highest BCUT2D eigenvalue weighted by atomic mass is 19.1. The summed E-state index contributed by atoms with van der Waals surface area (Å²) in [5.74, 6) is 0.777. The fourth-order valence-electron chi connectivity index (χ4n) is 4.45. The highest BCUT2D eigenvalue weighted by molar-refractivity contribution is 5.90. The van der Waals surface area contributed by atoms with Gasteiger partial charge in [-0.2, -0.15) is 5.10 Å². The molecule has 2 aliphatic rings. The highest BCUT2D eigenvalue weighted by Gasteiger charge is 2.31. The molecule has 5 rings (SSSR count). The number of aromatic nitrogens is 3. The first kappa shape index (κ1) is 18.8. The first-order valence-electron chi connectivity index (χ1n) is 10.6. The van der Waals surface area contributed by atoms with Crippen LogP contribution in [0.3, 0.4) is 0 Å². The first-order chi connectivity index (χ1) is 14.7. The van der Waals surface area contributed by atoms with Gasteiger partial charge in [-0.15, -0.1) is 0 Å². The van der Waals surface area contributed by atoms with E-state index < -0.39 is 0 Å². The maximum Gasteiger partial charge on any atom is 0.244 e. The topological polar surface area (TPSA) is 63.1 Å². The molecule has 0 saturated heterocycles. The van der Waals surface area contributed by atoms with Gasteiger partial charge in [-0.1, -0.05) is 19.3 Å². The number of nitrogens with one attached hydrogen (secondary N) is 1. The maximum absolute atomic E-state index is 13.5. The Bertz CT molecular complexity index is 1040. The Balaban J connectivity index is 1.54. The highest BCUT2D eigenvalue weighted by Crippen LogP contribution is 2.39. The molecule has 3 aromatic rings. The SMILES string of the molecule is O=C(C1CCCCC1)N1CCn2nc(-c3ccc(F)cc3)c(-c3ccncc3)c2N1. The van der Waals surface area contributed by atoms with E-state index >= 15 is 0 Å². The van der Waals surface area contributed by atoms with Crippen molar-refractivity contribution in [3.8, 4) is 22.4 Å². The molecule has 1 aromatic carbocycles. The van der Waals surface area contributed by atoms with Gasteiger partial charge in [0.15, 0.2) is 5.82 Å². The summed E-state index contributed by atoms with van der Waals surface area (Å²) in [5.41, 5.74) is 6.79. The molecule has 154 valence electrons. The molecule has 1 amide bonds. The molecule has 0 spiro atoms. The van der Waals surface area contributed by atoms with Gasteiger partial charge in [-0.05, 0) is 54.8 Å². The number of fused-ring (bicyclic) bond motifs is 1. The van der Waals surface area contributed by atoms with Crippen LogP contribution in [0.1, 0.15) is 32.1 Å². The number of halogens is 1. The number of hydrogen-bond donors (Lipinski definition) is 1. The molecule has 0 atom stereocenters. The number of anilines is 1. The van der Waals surface area contributed by atoms with Crippen molar-refractivity contribution >= 4 is 11.7 Å². The predicted molar refractivity (Wildman–Crippen MR) is 113 cm³/mol. The minimum absolute atomic E-state index is 0.0988. The Morgan fingerprint density at radius 2 is 1.70 bits per heavy atom. The molecule has 3 heterocycles. The molecule has 1 aliphatic carbocycles. The van der Waals surface area contributed by atoms with E-state index in [1.54, 1.807) is 29.5 Å². The maximum atomic E-state index is 13.5. The Morgan fingerprint density at radius 3 is 2.43 bits per heavy atom. The van der Waals surface area contributed by atoms with Crippen LogP contribution in [0, 0.1) is 11.7 Å². The van der Waals surface area contributed by atoms with E-state index in [2.05, 4.69) is 10.4 Å². The number of hydrogen-bond acceptors (Lipinski definition) is 4. The van der Waals surface area contributed by atoms with Crippen LogP contribution < -0.4 is 5.43 Å². The quantitative estimate of drug-likeness (QED) is 0.697. The van der Waals surface area contributed by atoms with E-state index in [9.17, 15) is 9.18 Å². The number of carbonyl (C=O) groups is 1. The summed E-state index contributed by atoms with van der Waals surface area (Å²) < 4.78 is 15.4. The third-order valence-corrected chi connectivity index (χ3v) is 6.04. The second kappa shape index (κ2) is 7.89. The van der Waals surface area contributed by atoms with Crippen LogP contribution in [0.2, 0.25) is 0 Å². The number of rotatable bonds is 3. The molecule has 0 unspecified atom stereocenters. The van der Waals surface area contributed by atoms with Crippen molar-refractivity contribution < 1.29 is 9.18 Å². The third-order valence-electron chi connectivity index (χ3n) is 6.04. The van der Waals surface area contributed by atoms with E-state index in [4.69, 9.17) is 5.10 Å². The summed E-state index contributed by atoms with van der Waals surface area (Å²) in [6.45, 7) is 1.18. The molecular weight excluding hydrogens is 381 g/mol. The molecule has 7 heteroatoms. The van der Waals surface area contributed by atoms with Gasteiger partial charge in [0.1, 0.15) is 11.5 Å². The lowest BCUT2D eigenvalue weighted by Gasteiger charge is -2.33. The number of hydrazine groups is 1. The fourth-order valence-corrected chi connectivity index (χ4v) is 4.45. The van der Waals surface area contributed by atoms with E-state index in [1.807, 2.05) is 16.8 Å². The van der Waals surface area contributed by atoms with Crippen molar-refractivity contribution in [3.63, 3.8) is 0 Å². The van der Waals surface area contributed by atoms with Crippen LogP contribution in [0.25, 0.3) is 22.4 Å². The van der Waals surface area contributed by atoms with Gasteiger partial charge in [-0.3, -0.25) is 20.2 Å². The standard InChI is InChI=1S/C23H24FN5O/c24-19-8-6-17(7-9-19)21-20(16-10-12-25-13-11-16)22-27-29(15-14-28(22)26-21)23(30)18-4-2-1-3-5-18/h6-13,18,27H,1-5,14-15H2. The molecule has 1 N–H and O–H groups in total. The summed E-state index contributed by atoms with van der Waals surface area (Å²) >= 11 is 0. The van der Waals surface area contributed by atoms with Crippen molar-refractivity contribution in [1.82, 2.24) is 19.8 Å². The Kier molecular flexibility index (Phi) is 4.94. The zero-order valence-corrected chi connectivity index (χ0v) is 16.7. The van der Waals surface area contributed by atoms with Crippen molar-refractivity contribution in [2.24, 2.45) is 5.92 Å². The summed E-state index contributed by atoms with van der Waals surface area (Å²) in [4.78, 5) is 17.2. The van der Waals surface area contributed by atoms with Gasteiger partial charge in [0, 0.05) is 23.9 Å². The third kappa shape index (κ3) is 3.44. The average Bonchev–Trinajstić information content (AvgIpc) is 3.19. The van der Waals surface area contributed by atoms with Crippen LogP contribution in [-0.2, 0) is 11.3 Å². The van der Waals surface area contributed by atoms with Crippen LogP contribution >= 0.6 is 0 Å². The van der Waals surface area contributed by atoms with E-state index in [0.29, 0.717) is 13.1 Å². The molecule has 1 fully saturated rings. The second-order valence-electron chi connectivity index (χ2n) is 7.97. The molecular formula is C23H24FN5O. The predicted octanol–water partition coefficient (Wildman–Crippen LogP) is 4.50. The molecule has 0 radical (unpaired) electrons. The van der Waals surface area contributed by atoms with Gasteiger partial charge in [0.25, 0.3) is 0 Å². The minimum Gasteiger partial charge on any atom is -0.279 e. The first-order valence-corrected chi connectivity index (χ1v) is 10.6. The van der Waals surface area contributed by atoms with Crippen LogP contribution in [0.4, 0.5) is 10.2 Å². The Labute approximate surface area is 174 Å². The lowest BCUT2D eigenvalue weighted by Crippen LogP contribution is -2.46. The molecule has 6 nitrogen and oxygen atoms in total. The van der Waals surface area contributed by atoms with Crippen molar-refractivity contribution in [2.45, 2.75) is 38.6 Å². The van der Waals surface area contributed by atoms with Crippen molar-refractivity contribution in [2.75, 3.05) is 12.0 Å². The Morgan fingerprint density at radius 1 is 0.967 bits per heavy atom. The lowest BCUT2D eigenvalue weighted by atomic mass is 9.88. The number of amides is 1. The monoisotopic (exact) mass is 405 g/mol. The summed E-state index contributed by atoms with van der Waals surface area (Å²) in [7, 11) is 0. The zero-order chi connectivity index (χ0) is 20.5. The molecule has 1 aliphatic heterocycles. The van der Waals surface area contributed by atoms with Crippen LogP contribution in [0.5, 0.6) is 0 Å². The van der Waals surface area contributed by atoms with Gasteiger partial charge in [0.2, 0.25) is 5.91 Å². The average molecular weight is 405 g/mol. The summed E-state index contributed by atoms with van der Waals surface area (Å²) in [5, 5.41) is 6.56. The number of pyridine rings is 1. The lowest BCUT2D eigenvalue weighted by molar-refractivity contribution is -0.135. The molecule has 2 aromatic heterocycles. The number of benzene rings is 1. The van der Waals surface area contributed by atoms with Crippen molar-refractivity contribution in [3.05, 3.63) is 54.6 Å².